The highest BCUT2D eigenvalue weighted by molar-refractivity contribution is 6.33. The van der Waals surface area contributed by atoms with Gasteiger partial charge in [0.05, 0.1) is 5.57 Å². The molecule has 2 heterocycles. The number of para-hydroxylation sites is 1. The van der Waals surface area contributed by atoms with E-state index in [1.807, 2.05) is 37.3 Å². The van der Waals surface area contributed by atoms with Gasteiger partial charge in [-0.05, 0) is 48.1 Å². The van der Waals surface area contributed by atoms with Gasteiger partial charge in [-0.1, -0.05) is 49.4 Å². The number of carbonyl (C=O) groups is 1. The minimum Gasteiger partial charge on any atom is -0.369 e. The van der Waals surface area contributed by atoms with Crippen molar-refractivity contribution in [1.82, 2.24) is 9.88 Å². The molecule has 0 fully saturated rings. The number of aromatic nitrogens is 1. The second-order valence-electron chi connectivity index (χ2n) is 8.20. The number of aliphatic hydroxyl groups is 1. The van der Waals surface area contributed by atoms with Crippen LogP contribution in [0.25, 0.3) is 28.1 Å². The van der Waals surface area contributed by atoms with Gasteiger partial charge in [0.25, 0.3) is 5.91 Å². The number of carbonyl (C=O) groups excluding carboxylic acids is 1. The summed E-state index contributed by atoms with van der Waals surface area (Å²) in [6.07, 6.45) is 4.42. The lowest BCUT2D eigenvalue weighted by atomic mass is 9.87. The number of hydrogen-bond acceptors (Lipinski definition) is 2. The van der Waals surface area contributed by atoms with Crippen molar-refractivity contribution in [2.45, 2.75) is 26.5 Å². The molecule has 0 saturated carbocycles. The highest BCUT2D eigenvalue weighted by atomic mass is 16.3. The van der Waals surface area contributed by atoms with Gasteiger partial charge in [-0.15, -0.1) is 0 Å². The summed E-state index contributed by atoms with van der Waals surface area (Å²) >= 11 is 0. The van der Waals surface area contributed by atoms with Crippen molar-refractivity contribution >= 4 is 34.0 Å². The molecule has 29 heavy (non-hydrogen) atoms. The molecule has 146 valence electrons. The van der Waals surface area contributed by atoms with Crippen LogP contribution < -0.4 is 0 Å². The summed E-state index contributed by atoms with van der Waals surface area (Å²) in [6.45, 7) is 4.19. The van der Waals surface area contributed by atoms with Crippen molar-refractivity contribution in [3.8, 4) is 0 Å². The number of hydrogen-bond donors (Lipinski definition) is 2. The van der Waals surface area contributed by atoms with Crippen LogP contribution >= 0.6 is 0 Å². The summed E-state index contributed by atoms with van der Waals surface area (Å²) in [6, 6.07) is 14.3. The molecule has 0 saturated heterocycles. The third-order valence-electron chi connectivity index (χ3n) is 6.18. The molecule has 1 aromatic heterocycles. The number of nitrogens with one attached hydrogen (secondary N) is 1. The van der Waals surface area contributed by atoms with Crippen molar-refractivity contribution in [3.63, 3.8) is 0 Å². The molecule has 2 N–H and O–H groups in total. The van der Waals surface area contributed by atoms with Crippen LogP contribution in [0.4, 0.5) is 0 Å². The molecule has 5 rings (SSSR count). The lowest BCUT2D eigenvalue weighted by molar-refractivity contribution is -0.127. The fraction of sp³-hybridized carbons (Fsp3) is 0.240. The van der Waals surface area contributed by atoms with E-state index < -0.39 is 6.23 Å². The quantitative estimate of drug-likeness (QED) is 0.689. The Bertz CT molecular complexity index is 1210. The van der Waals surface area contributed by atoms with E-state index in [0.717, 1.165) is 39.7 Å². The molecular weight excluding hydrogens is 360 g/mol. The van der Waals surface area contributed by atoms with Gasteiger partial charge >= 0.3 is 0 Å². The summed E-state index contributed by atoms with van der Waals surface area (Å²) in [5.74, 6) is 0.379. The molecule has 4 heteroatoms. The van der Waals surface area contributed by atoms with Gasteiger partial charge in [0.1, 0.15) is 0 Å². The molecule has 0 radical (unpaired) electrons. The first-order chi connectivity index (χ1) is 14.0. The third kappa shape index (κ3) is 2.67. The van der Waals surface area contributed by atoms with Gasteiger partial charge in [-0.25, -0.2) is 0 Å². The van der Waals surface area contributed by atoms with E-state index >= 15 is 0 Å². The maximum atomic E-state index is 13.2. The van der Waals surface area contributed by atoms with Crippen LogP contribution in [0.3, 0.4) is 0 Å². The lowest BCUT2D eigenvalue weighted by Crippen LogP contribution is -2.31. The Hall–Kier alpha value is -3.11. The number of likely N-dealkylation sites (N-methyl/N-ethyl adjacent to an activating group) is 1. The summed E-state index contributed by atoms with van der Waals surface area (Å²) < 4.78 is 0. The van der Waals surface area contributed by atoms with Crippen LogP contribution in [-0.4, -0.2) is 34.2 Å². The monoisotopic (exact) mass is 384 g/mol. The molecule has 2 aromatic carbocycles. The van der Waals surface area contributed by atoms with Gasteiger partial charge in [-0.3, -0.25) is 4.79 Å². The number of H-pyrrole nitrogens is 1. The average Bonchev–Trinajstić information content (AvgIpc) is 3.15. The van der Waals surface area contributed by atoms with E-state index in [0.29, 0.717) is 17.1 Å². The van der Waals surface area contributed by atoms with E-state index in [1.54, 1.807) is 7.05 Å². The smallest absolute Gasteiger partial charge is 0.257 e. The maximum absolute atomic E-state index is 13.2. The van der Waals surface area contributed by atoms with Gasteiger partial charge in [-0.2, -0.15) is 0 Å². The van der Waals surface area contributed by atoms with E-state index in [-0.39, 0.29) is 5.91 Å². The minimum atomic E-state index is -0.963. The third-order valence-corrected chi connectivity index (χ3v) is 6.18. The zero-order valence-electron chi connectivity index (χ0n) is 16.9. The molecule has 2 aliphatic rings. The second kappa shape index (κ2) is 6.46. The Kier molecular flexibility index (Phi) is 4.00. The Labute approximate surface area is 170 Å². The number of aryl methyl sites for hydroxylation is 1. The first-order valence-corrected chi connectivity index (χ1v) is 10.0. The molecule has 0 bridgehead atoms. The van der Waals surface area contributed by atoms with Crippen LogP contribution in [0.1, 0.15) is 34.9 Å². The standard InChI is InChI=1S/C25H24N2O2/c1-14-8-9-17-13-18(11-10-16(17)12-14)22-23(25(29)27(3)24(22)28)21-15(2)26-20-7-5-4-6-19(20)21/h4-11,13-14,24,26,28H,12H2,1-3H3. The first-order valence-electron chi connectivity index (χ1n) is 10.0. The molecule has 3 aromatic rings. The Morgan fingerprint density at radius 3 is 2.79 bits per heavy atom. The average molecular weight is 384 g/mol. The number of rotatable bonds is 2. The second-order valence-corrected chi connectivity index (χ2v) is 8.20. The largest absolute Gasteiger partial charge is 0.369 e. The SMILES string of the molecule is Cc1[nH]c2ccccc2c1C1=C(c2ccc3c(c2)C=CC(C)C3)C(O)N(C)C1=O. The molecule has 1 aliphatic carbocycles. The lowest BCUT2D eigenvalue weighted by Gasteiger charge is -2.20. The molecule has 1 aliphatic heterocycles. The van der Waals surface area contributed by atoms with Crippen LogP contribution in [0.5, 0.6) is 0 Å². The number of aromatic amines is 1. The van der Waals surface area contributed by atoms with Crippen molar-refractivity contribution in [1.29, 1.82) is 0 Å². The first kappa shape index (κ1) is 18.0. The van der Waals surface area contributed by atoms with Gasteiger partial charge < -0.3 is 15.0 Å². The predicted octanol–water partition coefficient (Wildman–Crippen LogP) is 4.38. The van der Waals surface area contributed by atoms with Crippen LogP contribution in [-0.2, 0) is 11.2 Å². The van der Waals surface area contributed by atoms with Gasteiger partial charge in [0.15, 0.2) is 6.23 Å². The van der Waals surface area contributed by atoms with E-state index in [2.05, 4.69) is 36.2 Å². The number of allylic oxidation sites excluding steroid dienone is 1. The number of benzene rings is 2. The maximum Gasteiger partial charge on any atom is 0.257 e. The summed E-state index contributed by atoms with van der Waals surface area (Å²) in [5, 5.41) is 12.0. The minimum absolute atomic E-state index is 0.151. The Balaban J connectivity index is 1.77. The van der Waals surface area contributed by atoms with E-state index in [1.165, 1.54) is 10.5 Å². The summed E-state index contributed by atoms with van der Waals surface area (Å²) in [7, 11) is 1.66. The zero-order valence-corrected chi connectivity index (χ0v) is 16.9. The Morgan fingerprint density at radius 1 is 1.17 bits per heavy atom. The highest BCUT2D eigenvalue weighted by Gasteiger charge is 2.38. The van der Waals surface area contributed by atoms with Crippen LogP contribution in [0.2, 0.25) is 0 Å². The Morgan fingerprint density at radius 2 is 1.97 bits per heavy atom. The van der Waals surface area contributed by atoms with Crippen molar-refractivity contribution in [2.75, 3.05) is 7.05 Å². The number of fused-ring (bicyclic) bond motifs is 2. The molecule has 4 nitrogen and oxygen atoms in total. The molecule has 1 amide bonds. The van der Waals surface area contributed by atoms with E-state index in [4.69, 9.17) is 0 Å². The molecule has 0 spiro atoms. The number of aliphatic hydroxyl groups excluding tert-OH is 1. The molecule has 2 unspecified atom stereocenters. The van der Waals surface area contributed by atoms with Gasteiger partial charge in [0, 0.05) is 34.8 Å². The number of amides is 1. The molecular formula is C25H24N2O2. The zero-order chi connectivity index (χ0) is 20.3. The van der Waals surface area contributed by atoms with Crippen molar-refractivity contribution in [2.24, 2.45) is 5.92 Å². The van der Waals surface area contributed by atoms with Crippen LogP contribution in [0.15, 0.2) is 48.5 Å². The summed E-state index contributed by atoms with van der Waals surface area (Å²) in [4.78, 5) is 18.0. The predicted molar refractivity (Wildman–Crippen MR) is 117 cm³/mol. The van der Waals surface area contributed by atoms with E-state index in [9.17, 15) is 9.90 Å². The molecule has 2 atom stereocenters. The summed E-state index contributed by atoms with van der Waals surface area (Å²) in [5.41, 5.74) is 7.44. The van der Waals surface area contributed by atoms with Crippen molar-refractivity contribution in [3.05, 3.63) is 76.5 Å². The normalized spacial score (nSPS) is 21.4. The fourth-order valence-corrected chi connectivity index (χ4v) is 4.65. The van der Waals surface area contributed by atoms with Crippen LogP contribution in [0, 0.1) is 12.8 Å². The van der Waals surface area contributed by atoms with Gasteiger partial charge in [0.2, 0.25) is 0 Å². The van der Waals surface area contributed by atoms with Crippen molar-refractivity contribution < 1.29 is 9.90 Å². The highest BCUT2D eigenvalue weighted by Crippen LogP contribution is 2.42. The fourth-order valence-electron chi connectivity index (χ4n) is 4.65. The topological polar surface area (TPSA) is 56.3 Å². The number of nitrogens with zero attached hydrogens (tertiary/aromatic N) is 1.